The number of carbonyl (C=O) groups excluding carboxylic acids is 1. The predicted molar refractivity (Wildman–Crippen MR) is 100 cm³/mol. The summed E-state index contributed by atoms with van der Waals surface area (Å²) in [6.45, 7) is 0. The summed E-state index contributed by atoms with van der Waals surface area (Å²) in [7, 11) is 1.68. The summed E-state index contributed by atoms with van der Waals surface area (Å²) in [6, 6.07) is 10.5. The molecule has 128 valence electrons. The lowest BCUT2D eigenvalue weighted by molar-refractivity contribution is -0.115. The number of hydrogen-bond acceptors (Lipinski definition) is 5. The molecule has 3 rings (SSSR count). The van der Waals surface area contributed by atoms with Crippen LogP contribution in [-0.2, 0) is 11.8 Å². The van der Waals surface area contributed by atoms with Crippen molar-refractivity contribution in [2.45, 2.75) is 11.6 Å². The molecule has 0 spiro atoms. The molecule has 6 nitrogen and oxygen atoms in total. The number of para-hydroxylation sites is 1. The van der Waals surface area contributed by atoms with Gasteiger partial charge >= 0.3 is 0 Å². The summed E-state index contributed by atoms with van der Waals surface area (Å²) in [5.74, 6) is 0.793. The van der Waals surface area contributed by atoms with Gasteiger partial charge in [0.2, 0.25) is 5.91 Å². The first kappa shape index (κ1) is 17.4. The van der Waals surface area contributed by atoms with Gasteiger partial charge in [-0.1, -0.05) is 35.5 Å². The number of nitrogens with zero attached hydrogens (tertiary/aromatic N) is 3. The molecule has 3 aromatic rings. The van der Waals surface area contributed by atoms with Gasteiger partial charge in [-0.05, 0) is 24.3 Å². The maximum Gasteiger partial charge on any atom is 0.261 e. The molecule has 0 aliphatic heterocycles. The number of pyridine rings is 1. The molecule has 1 amide bonds. The average Bonchev–Trinajstić information content (AvgIpc) is 2.61. The van der Waals surface area contributed by atoms with Gasteiger partial charge in [0.15, 0.2) is 5.16 Å². The minimum Gasteiger partial charge on any atom is -0.311 e. The number of carbonyl (C=O) groups is 1. The van der Waals surface area contributed by atoms with Crippen molar-refractivity contribution in [2.24, 2.45) is 7.05 Å². The van der Waals surface area contributed by atoms with Gasteiger partial charge in [-0.2, -0.15) is 0 Å². The highest BCUT2D eigenvalue weighted by molar-refractivity contribution is 7.99. The molecule has 25 heavy (non-hydrogen) atoms. The molecule has 0 unspecified atom stereocenters. The minimum absolute atomic E-state index is 0.0945. The summed E-state index contributed by atoms with van der Waals surface area (Å²) >= 11 is 7.12. The second kappa shape index (κ2) is 7.67. The van der Waals surface area contributed by atoms with E-state index < -0.39 is 0 Å². The third-order valence-electron chi connectivity index (χ3n) is 3.50. The third kappa shape index (κ3) is 4.18. The van der Waals surface area contributed by atoms with Gasteiger partial charge in [0.25, 0.3) is 5.56 Å². The van der Waals surface area contributed by atoms with Crippen molar-refractivity contribution in [3.63, 3.8) is 0 Å². The maximum absolute atomic E-state index is 12.3. The first-order chi connectivity index (χ1) is 12.0. The van der Waals surface area contributed by atoms with Gasteiger partial charge in [0.05, 0.1) is 15.9 Å². The molecule has 1 N–H and O–H groups in total. The van der Waals surface area contributed by atoms with Gasteiger partial charge in [-0.3, -0.25) is 14.2 Å². The summed E-state index contributed by atoms with van der Waals surface area (Å²) in [5.41, 5.74) is 0.561. The van der Waals surface area contributed by atoms with E-state index in [4.69, 9.17) is 11.6 Å². The van der Waals surface area contributed by atoms with Crippen molar-refractivity contribution >= 4 is 46.0 Å². The van der Waals surface area contributed by atoms with Crippen LogP contribution >= 0.6 is 23.4 Å². The molecule has 0 aliphatic carbocycles. The number of anilines is 1. The predicted octanol–water partition coefficient (Wildman–Crippen LogP) is 3.10. The van der Waals surface area contributed by atoms with Crippen molar-refractivity contribution in [3.05, 3.63) is 58.0 Å². The van der Waals surface area contributed by atoms with Crippen LogP contribution in [0.4, 0.5) is 5.82 Å². The summed E-state index contributed by atoms with van der Waals surface area (Å²) in [6.07, 6.45) is 1.75. The van der Waals surface area contributed by atoms with E-state index in [1.54, 1.807) is 31.3 Å². The summed E-state index contributed by atoms with van der Waals surface area (Å²) in [4.78, 5) is 32.8. The van der Waals surface area contributed by atoms with Crippen LogP contribution in [0.3, 0.4) is 0 Å². The van der Waals surface area contributed by atoms with Crippen LogP contribution in [0.1, 0.15) is 6.42 Å². The molecular formula is C17H15ClN4O2S. The van der Waals surface area contributed by atoms with E-state index in [0.717, 1.165) is 0 Å². The molecule has 0 saturated carbocycles. The van der Waals surface area contributed by atoms with E-state index in [9.17, 15) is 9.59 Å². The Kier molecular flexibility index (Phi) is 5.35. The van der Waals surface area contributed by atoms with Crippen molar-refractivity contribution in [1.29, 1.82) is 0 Å². The Balaban J connectivity index is 1.63. The monoisotopic (exact) mass is 374 g/mol. The Bertz CT molecular complexity index is 973. The molecule has 2 aromatic heterocycles. The topological polar surface area (TPSA) is 76.9 Å². The Morgan fingerprint density at radius 1 is 1.28 bits per heavy atom. The average molecular weight is 375 g/mol. The largest absolute Gasteiger partial charge is 0.311 e. The third-order valence-corrected chi connectivity index (χ3v) is 4.75. The van der Waals surface area contributed by atoms with Crippen LogP contribution in [0.15, 0.2) is 52.5 Å². The number of benzene rings is 1. The molecule has 0 atom stereocenters. The van der Waals surface area contributed by atoms with Crippen LogP contribution in [0.25, 0.3) is 10.9 Å². The number of fused-ring (bicyclic) bond motifs is 1. The summed E-state index contributed by atoms with van der Waals surface area (Å²) in [5, 5.41) is 4.38. The molecule has 0 radical (unpaired) electrons. The highest BCUT2D eigenvalue weighted by atomic mass is 35.5. The van der Waals surface area contributed by atoms with Crippen LogP contribution in [-0.4, -0.2) is 26.2 Å². The number of rotatable bonds is 5. The number of halogens is 1. The van der Waals surface area contributed by atoms with E-state index in [1.807, 2.05) is 12.1 Å². The number of thioether (sulfide) groups is 1. The number of aromatic nitrogens is 3. The van der Waals surface area contributed by atoms with Crippen molar-refractivity contribution in [2.75, 3.05) is 11.1 Å². The van der Waals surface area contributed by atoms with Gasteiger partial charge in [-0.15, -0.1) is 0 Å². The number of nitrogens with one attached hydrogen (secondary N) is 1. The van der Waals surface area contributed by atoms with Gasteiger partial charge in [-0.25, -0.2) is 9.97 Å². The molecule has 2 heterocycles. The second-order valence-electron chi connectivity index (χ2n) is 5.28. The zero-order valence-electron chi connectivity index (χ0n) is 13.4. The fourth-order valence-electron chi connectivity index (χ4n) is 2.22. The highest BCUT2D eigenvalue weighted by Crippen LogP contribution is 2.18. The molecule has 0 saturated heterocycles. The SMILES string of the molecule is Cn1c(SCCC(=O)Nc2ccc(Cl)cn2)nc2ccccc2c1=O. The van der Waals surface area contributed by atoms with Crippen molar-refractivity contribution < 1.29 is 4.79 Å². The number of hydrogen-bond donors (Lipinski definition) is 1. The van der Waals surface area contributed by atoms with Crippen molar-refractivity contribution in [3.8, 4) is 0 Å². The second-order valence-corrected chi connectivity index (χ2v) is 6.78. The van der Waals surface area contributed by atoms with E-state index in [2.05, 4.69) is 15.3 Å². The van der Waals surface area contributed by atoms with Crippen LogP contribution < -0.4 is 10.9 Å². The fourth-order valence-corrected chi connectivity index (χ4v) is 3.24. The quantitative estimate of drug-likeness (QED) is 0.548. The van der Waals surface area contributed by atoms with Gasteiger partial charge < -0.3 is 5.32 Å². The van der Waals surface area contributed by atoms with Gasteiger partial charge in [0, 0.05) is 25.4 Å². The fraction of sp³-hybridized carbons (Fsp3) is 0.176. The molecule has 1 aromatic carbocycles. The lowest BCUT2D eigenvalue weighted by atomic mass is 10.2. The van der Waals surface area contributed by atoms with Gasteiger partial charge in [0.1, 0.15) is 5.82 Å². The zero-order chi connectivity index (χ0) is 17.8. The molecule has 8 heteroatoms. The van der Waals surface area contributed by atoms with Crippen molar-refractivity contribution in [1.82, 2.24) is 14.5 Å². The standard InChI is InChI=1S/C17H15ClN4O2S/c1-22-16(24)12-4-2-3-5-13(12)20-17(22)25-9-8-15(23)21-14-7-6-11(18)10-19-14/h2-7,10H,8-9H2,1H3,(H,19,21,23). The molecule has 0 fully saturated rings. The minimum atomic E-state index is -0.159. The lowest BCUT2D eigenvalue weighted by Gasteiger charge is -2.08. The maximum atomic E-state index is 12.3. The van der Waals surface area contributed by atoms with Crippen LogP contribution in [0.5, 0.6) is 0 Å². The van der Waals surface area contributed by atoms with E-state index >= 15 is 0 Å². The highest BCUT2D eigenvalue weighted by Gasteiger charge is 2.10. The van der Waals surface area contributed by atoms with E-state index in [-0.39, 0.29) is 17.9 Å². The van der Waals surface area contributed by atoms with E-state index in [1.165, 1.54) is 22.5 Å². The Hall–Kier alpha value is -2.38. The molecule has 0 aliphatic rings. The zero-order valence-corrected chi connectivity index (χ0v) is 15.0. The Morgan fingerprint density at radius 2 is 2.08 bits per heavy atom. The first-order valence-corrected chi connectivity index (χ1v) is 8.91. The lowest BCUT2D eigenvalue weighted by Crippen LogP contribution is -2.20. The summed E-state index contributed by atoms with van der Waals surface area (Å²) < 4.78 is 1.51. The molecule has 0 bridgehead atoms. The number of amides is 1. The molecular weight excluding hydrogens is 360 g/mol. The Labute approximate surface area is 153 Å². The first-order valence-electron chi connectivity index (χ1n) is 7.54. The van der Waals surface area contributed by atoms with Crippen LogP contribution in [0.2, 0.25) is 5.02 Å². The smallest absolute Gasteiger partial charge is 0.261 e. The van der Waals surface area contributed by atoms with E-state index in [0.29, 0.717) is 32.7 Å². The normalized spacial score (nSPS) is 10.8. The Morgan fingerprint density at radius 3 is 2.84 bits per heavy atom. The van der Waals surface area contributed by atoms with Crippen LogP contribution in [0, 0.1) is 0 Å².